The molecule has 0 radical (unpaired) electrons. The summed E-state index contributed by atoms with van der Waals surface area (Å²) in [5.74, 6) is -1.15. The van der Waals surface area contributed by atoms with Crippen LogP contribution in [0, 0.1) is 0 Å². The van der Waals surface area contributed by atoms with Gasteiger partial charge in [-0.3, -0.25) is 4.79 Å². The van der Waals surface area contributed by atoms with Crippen LogP contribution >= 0.6 is 0 Å². The molecule has 0 aliphatic carbocycles. The number of ether oxygens (including phenoxy) is 1. The predicted octanol–water partition coefficient (Wildman–Crippen LogP) is -0.306. The first-order valence-electron chi connectivity index (χ1n) is 2.79. The zero-order chi connectivity index (χ0) is 7.99. The SMILES string of the molecule is CC1(C)OC(=O)CS1(=O)=O. The van der Waals surface area contributed by atoms with Crippen molar-refractivity contribution in [3.05, 3.63) is 0 Å². The van der Waals surface area contributed by atoms with Crippen LogP contribution in [0.2, 0.25) is 0 Å². The highest BCUT2D eigenvalue weighted by Crippen LogP contribution is 2.25. The molecule has 0 unspecified atom stereocenters. The van der Waals surface area contributed by atoms with E-state index in [1.807, 2.05) is 0 Å². The van der Waals surface area contributed by atoms with Crippen LogP contribution in [0.1, 0.15) is 13.8 Å². The molecule has 0 N–H and O–H groups in total. The molecule has 0 amide bonds. The summed E-state index contributed by atoms with van der Waals surface area (Å²) in [5.41, 5.74) is 0. The Labute approximate surface area is 59.1 Å². The molecule has 58 valence electrons. The van der Waals surface area contributed by atoms with Crippen molar-refractivity contribution in [2.75, 3.05) is 5.75 Å². The van der Waals surface area contributed by atoms with E-state index in [4.69, 9.17) is 0 Å². The van der Waals surface area contributed by atoms with Crippen molar-refractivity contribution in [3.63, 3.8) is 0 Å². The number of hydrogen-bond donors (Lipinski definition) is 0. The summed E-state index contributed by atoms with van der Waals surface area (Å²) in [7, 11) is -3.35. The number of hydrogen-bond acceptors (Lipinski definition) is 4. The summed E-state index contributed by atoms with van der Waals surface area (Å²) < 4.78 is 26.4. The minimum absolute atomic E-state index is 0.486. The standard InChI is InChI=1S/C5H8O4S/c1-5(2)9-4(6)3-10(5,7)8/h3H2,1-2H3. The minimum atomic E-state index is -3.35. The molecule has 1 heterocycles. The monoisotopic (exact) mass is 164 g/mol. The Balaban J connectivity index is 3.12. The third-order valence-corrected chi connectivity index (χ3v) is 3.61. The number of carbonyl (C=O) groups is 1. The largest absolute Gasteiger partial charge is 0.442 e. The number of carbonyl (C=O) groups excluding carboxylic acids is 1. The zero-order valence-electron chi connectivity index (χ0n) is 5.75. The lowest BCUT2D eigenvalue weighted by molar-refractivity contribution is -0.143. The first-order valence-corrected chi connectivity index (χ1v) is 4.44. The molecule has 10 heavy (non-hydrogen) atoms. The van der Waals surface area contributed by atoms with Crippen LogP contribution in [0.15, 0.2) is 0 Å². The number of esters is 1. The second-order valence-electron chi connectivity index (χ2n) is 2.63. The van der Waals surface area contributed by atoms with Crippen LogP contribution < -0.4 is 0 Å². The topological polar surface area (TPSA) is 60.4 Å². The van der Waals surface area contributed by atoms with Crippen molar-refractivity contribution < 1.29 is 17.9 Å². The van der Waals surface area contributed by atoms with Gasteiger partial charge >= 0.3 is 5.97 Å². The van der Waals surface area contributed by atoms with Gasteiger partial charge < -0.3 is 4.74 Å². The van der Waals surface area contributed by atoms with E-state index in [1.165, 1.54) is 13.8 Å². The quantitative estimate of drug-likeness (QED) is 0.461. The maximum atomic E-state index is 10.9. The Kier molecular flexibility index (Phi) is 1.29. The average molecular weight is 164 g/mol. The lowest BCUT2D eigenvalue weighted by Crippen LogP contribution is -2.28. The van der Waals surface area contributed by atoms with Crippen LogP contribution in [0.5, 0.6) is 0 Å². The van der Waals surface area contributed by atoms with Crippen molar-refractivity contribution in [1.82, 2.24) is 0 Å². The highest BCUT2D eigenvalue weighted by Gasteiger charge is 2.46. The Hall–Kier alpha value is -0.580. The molecule has 1 aliphatic rings. The highest BCUT2D eigenvalue weighted by atomic mass is 32.2. The molecule has 1 saturated heterocycles. The summed E-state index contributed by atoms with van der Waals surface area (Å²) >= 11 is 0. The van der Waals surface area contributed by atoms with Gasteiger partial charge in [-0.15, -0.1) is 0 Å². The maximum absolute atomic E-state index is 10.9. The third kappa shape index (κ3) is 0.901. The van der Waals surface area contributed by atoms with Gasteiger partial charge in [0.05, 0.1) is 0 Å². The van der Waals surface area contributed by atoms with E-state index in [1.54, 1.807) is 0 Å². The normalized spacial score (nSPS) is 28.0. The van der Waals surface area contributed by atoms with E-state index in [9.17, 15) is 13.2 Å². The fourth-order valence-corrected chi connectivity index (χ4v) is 1.63. The van der Waals surface area contributed by atoms with E-state index in [2.05, 4.69) is 4.74 Å². The minimum Gasteiger partial charge on any atom is -0.442 e. The van der Waals surface area contributed by atoms with Gasteiger partial charge in [0.1, 0.15) is 0 Å². The lowest BCUT2D eigenvalue weighted by atomic mass is 10.5. The molecule has 0 aromatic heterocycles. The summed E-state index contributed by atoms with van der Waals surface area (Å²) in [5, 5.41) is 0. The Bertz CT molecular complexity index is 261. The summed E-state index contributed by atoms with van der Waals surface area (Å²) in [6.45, 7) is 2.74. The van der Waals surface area contributed by atoms with Crippen molar-refractivity contribution in [3.8, 4) is 0 Å². The Morgan fingerprint density at radius 3 is 2.10 bits per heavy atom. The second-order valence-corrected chi connectivity index (χ2v) is 5.13. The van der Waals surface area contributed by atoms with Gasteiger partial charge in [-0.25, -0.2) is 8.42 Å². The van der Waals surface area contributed by atoms with Gasteiger partial charge in [0.15, 0.2) is 5.75 Å². The molecule has 0 saturated carbocycles. The zero-order valence-corrected chi connectivity index (χ0v) is 6.56. The highest BCUT2D eigenvalue weighted by molar-refractivity contribution is 7.93. The molecule has 1 fully saturated rings. The van der Waals surface area contributed by atoms with E-state index in [0.29, 0.717) is 0 Å². The Morgan fingerprint density at radius 1 is 1.50 bits per heavy atom. The predicted molar refractivity (Wildman–Crippen MR) is 34.0 cm³/mol. The molecule has 5 heteroatoms. The molecule has 0 bridgehead atoms. The second kappa shape index (κ2) is 1.72. The average Bonchev–Trinajstić information content (AvgIpc) is 1.73. The van der Waals surface area contributed by atoms with Crippen molar-refractivity contribution >= 4 is 15.8 Å². The van der Waals surface area contributed by atoms with E-state index in [0.717, 1.165) is 0 Å². The maximum Gasteiger partial charge on any atom is 0.322 e. The van der Waals surface area contributed by atoms with Gasteiger partial charge in [-0.1, -0.05) is 0 Å². The van der Waals surface area contributed by atoms with Gasteiger partial charge in [0.25, 0.3) is 0 Å². The van der Waals surface area contributed by atoms with Crippen molar-refractivity contribution in [1.29, 1.82) is 0 Å². The fourth-order valence-electron chi connectivity index (χ4n) is 0.696. The van der Waals surface area contributed by atoms with E-state index >= 15 is 0 Å². The molecule has 1 aliphatic heterocycles. The van der Waals surface area contributed by atoms with Gasteiger partial charge in [-0.05, 0) is 13.8 Å². The molecule has 0 spiro atoms. The summed E-state index contributed by atoms with van der Waals surface area (Å²) in [4.78, 5) is 9.16. The van der Waals surface area contributed by atoms with E-state index < -0.39 is 26.5 Å². The molecule has 0 aromatic carbocycles. The summed E-state index contributed by atoms with van der Waals surface area (Å²) in [6.07, 6.45) is 0. The number of sulfone groups is 1. The molecular formula is C5H8O4S. The Morgan fingerprint density at radius 2 is 2.00 bits per heavy atom. The molecular weight excluding hydrogens is 156 g/mol. The molecule has 1 rings (SSSR count). The van der Waals surface area contributed by atoms with Gasteiger partial charge in [0.2, 0.25) is 14.8 Å². The lowest BCUT2D eigenvalue weighted by Gasteiger charge is -2.13. The molecule has 4 nitrogen and oxygen atoms in total. The fraction of sp³-hybridized carbons (Fsp3) is 0.800. The molecule has 0 aromatic rings. The van der Waals surface area contributed by atoms with Crippen LogP contribution in [0.4, 0.5) is 0 Å². The van der Waals surface area contributed by atoms with Crippen molar-refractivity contribution in [2.24, 2.45) is 0 Å². The smallest absolute Gasteiger partial charge is 0.322 e. The first-order chi connectivity index (χ1) is 4.35. The van der Waals surface area contributed by atoms with Crippen LogP contribution in [-0.2, 0) is 19.4 Å². The third-order valence-electron chi connectivity index (χ3n) is 1.42. The van der Waals surface area contributed by atoms with Crippen molar-refractivity contribution in [2.45, 2.75) is 18.8 Å². The van der Waals surface area contributed by atoms with Crippen LogP contribution in [0.3, 0.4) is 0 Å². The van der Waals surface area contributed by atoms with Gasteiger partial charge in [0, 0.05) is 0 Å². The molecule has 0 atom stereocenters. The number of cyclic esters (lactones) is 1. The van der Waals surface area contributed by atoms with E-state index in [-0.39, 0.29) is 0 Å². The van der Waals surface area contributed by atoms with Gasteiger partial charge in [-0.2, -0.15) is 0 Å². The summed E-state index contributed by atoms with van der Waals surface area (Å²) in [6, 6.07) is 0. The number of rotatable bonds is 0. The van der Waals surface area contributed by atoms with Crippen LogP contribution in [0.25, 0.3) is 0 Å². The first kappa shape index (κ1) is 7.53. The van der Waals surface area contributed by atoms with Crippen LogP contribution in [-0.4, -0.2) is 25.1 Å².